The Morgan fingerprint density at radius 2 is 1.52 bits per heavy atom. The Balaban J connectivity index is 1.70. The van der Waals surface area contributed by atoms with Gasteiger partial charge in [-0.25, -0.2) is 18.0 Å². The zero-order valence-corrected chi connectivity index (χ0v) is 26.0. The highest BCUT2D eigenvalue weighted by Gasteiger charge is 2.28. The van der Waals surface area contributed by atoms with Crippen molar-refractivity contribution in [3.63, 3.8) is 0 Å². The largest absolute Gasteiger partial charge is 0.494 e. The number of sulfonamides is 1. The van der Waals surface area contributed by atoms with E-state index >= 15 is 0 Å². The first-order valence-corrected chi connectivity index (χ1v) is 15.3. The summed E-state index contributed by atoms with van der Waals surface area (Å²) in [6.07, 6.45) is -0.824. The second-order valence-corrected chi connectivity index (χ2v) is 12.1. The van der Waals surface area contributed by atoms with E-state index in [1.165, 1.54) is 24.3 Å². The molecule has 44 heavy (non-hydrogen) atoms. The minimum atomic E-state index is -4.17. The van der Waals surface area contributed by atoms with Crippen molar-refractivity contribution < 1.29 is 46.5 Å². The molecule has 0 aliphatic carbocycles. The zero-order chi connectivity index (χ0) is 32.6. The number of methoxy groups -OCH3 is 1. The van der Waals surface area contributed by atoms with Gasteiger partial charge in [0.2, 0.25) is 15.9 Å². The number of carbonyl (C=O) groups is 4. The third-order valence-corrected chi connectivity index (χ3v) is 7.00. The maximum atomic E-state index is 12.8. The van der Waals surface area contributed by atoms with Crippen LogP contribution in [-0.2, 0) is 40.4 Å². The second kappa shape index (κ2) is 17.7. The van der Waals surface area contributed by atoms with Gasteiger partial charge in [-0.15, -0.1) is 0 Å². The van der Waals surface area contributed by atoms with Gasteiger partial charge < -0.3 is 34.9 Å². The Labute approximate surface area is 257 Å². The summed E-state index contributed by atoms with van der Waals surface area (Å²) in [7, 11) is -3.07. The molecule has 2 aromatic rings. The molecule has 15 heteroatoms. The number of nitrogens with one attached hydrogen (secondary N) is 4. The van der Waals surface area contributed by atoms with Gasteiger partial charge in [-0.1, -0.05) is 30.3 Å². The third-order valence-electron chi connectivity index (χ3n) is 5.51. The molecule has 0 spiro atoms. The van der Waals surface area contributed by atoms with Gasteiger partial charge in [-0.05, 0) is 57.0 Å². The highest BCUT2D eigenvalue weighted by molar-refractivity contribution is 7.89. The lowest BCUT2D eigenvalue weighted by Gasteiger charge is -2.21. The van der Waals surface area contributed by atoms with Gasteiger partial charge in [0.25, 0.3) is 0 Å². The Hall–Kier alpha value is -4.37. The smallest absolute Gasteiger partial charge is 0.407 e. The third kappa shape index (κ3) is 14.2. The number of carbonyl (C=O) groups excluding carboxylic acids is 4. The monoisotopic (exact) mass is 636 g/mol. The van der Waals surface area contributed by atoms with Crippen molar-refractivity contribution in [3.05, 3.63) is 60.2 Å². The molecule has 0 unspecified atom stereocenters. The van der Waals surface area contributed by atoms with Gasteiger partial charge >= 0.3 is 18.2 Å². The van der Waals surface area contributed by atoms with Crippen molar-refractivity contribution in [2.45, 2.75) is 56.8 Å². The lowest BCUT2D eigenvalue weighted by Crippen LogP contribution is -2.49. The summed E-state index contributed by atoms with van der Waals surface area (Å²) in [4.78, 5) is 47.6. The van der Waals surface area contributed by atoms with Crippen molar-refractivity contribution in [2.75, 3.05) is 33.4 Å². The second-order valence-electron chi connectivity index (χ2n) is 10.3. The minimum absolute atomic E-state index is 0.145. The average molecular weight is 637 g/mol. The molecule has 0 radical (unpaired) electrons. The Bertz CT molecular complexity index is 1330. The highest BCUT2D eigenvalue weighted by Crippen LogP contribution is 2.17. The van der Waals surface area contributed by atoms with E-state index in [1.807, 2.05) is 30.3 Å². The predicted molar refractivity (Wildman–Crippen MR) is 159 cm³/mol. The first-order valence-electron chi connectivity index (χ1n) is 13.8. The number of benzene rings is 2. The molecule has 3 amide bonds. The standard InChI is InChI=1S/C29H40N4O10S/c1-29(2,3)43-28(37)32-19-24(26(35)40-4)33-44(38,39)23-14-12-22(13-15-23)41-18-8-11-25(34)30-16-17-31-27(36)42-20-21-9-6-5-7-10-21/h5-7,9-10,12-15,24,33H,8,11,16-20H2,1-4H3,(H,30,34)(H,31,36)(H,32,37)/t24-/m1/s1. The van der Waals surface area contributed by atoms with Gasteiger partial charge in [0.1, 0.15) is 24.0 Å². The molecule has 0 fully saturated rings. The molecular formula is C29H40N4O10S. The Morgan fingerprint density at radius 1 is 0.864 bits per heavy atom. The quantitative estimate of drug-likeness (QED) is 0.121. The molecule has 1 atom stereocenters. The van der Waals surface area contributed by atoms with Crippen molar-refractivity contribution in [1.29, 1.82) is 0 Å². The van der Waals surface area contributed by atoms with Crippen LogP contribution in [0.15, 0.2) is 59.5 Å². The molecule has 0 heterocycles. The van der Waals surface area contributed by atoms with Gasteiger partial charge in [-0.3, -0.25) is 9.59 Å². The topological polar surface area (TPSA) is 187 Å². The number of ether oxygens (including phenoxy) is 4. The van der Waals surface area contributed by atoms with E-state index in [0.29, 0.717) is 12.2 Å². The van der Waals surface area contributed by atoms with Crippen molar-refractivity contribution in [1.82, 2.24) is 20.7 Å². The summed E-state index contributed by atoms with van der Waals surface area (Å²) >= 11 is 0. The van der Waals surface area contributed by atoms with E-state index in [-0.39, 0.29) is 43.5 Å². The minimum Gasteiger partial charge on any atom is -0.494 e. The molecule has 0 saturated carbocycles. The number of alkyl carbamates (subject to hydrolysis) is 2. The summed E-state index contributed by atoms with van der Waals surface area (Å²) in [5.41, 5.74) is 0.0893. The zero-order valence-electron chi connectivity index (χ0n) is 25.2. The SMILES string of the molecule is COC(=O)[C@@H](CNC(=O)OC(C)(C)C)NS(=O)(=O)c1ccc(OCCCC(=O)NCCNC(=O)OCc2ccccc2)cc1. The summed E-state index contributed by atoms with van der Waals surface area (Å²) in [6.45, 7) is 5.38. The molecule has 2 rings (SSSR count). The molecule has 0 saturated heterocycles. The van der Waals surface area contributed by atoms with E-state index in [0.717, 1.165) is 12.7 Å². The summed E-state index contributed by atoms with van der Waals surface area (Å²) in [6, 6.07) is 13.3. The Morgan fingerprint density at radius 3 is 2.16 bits per heavy atom. The molecule has 0 aromatic heterocycles. The van der Waals surface area contributed by atoms with Crippen LogP contribution in [0.2, 0.25) is 0 Å². The molecule has 14 nitrogen and oxygen atoms in total. The Kier molecular flexibility index (Phi) is 14.4. The molecule has 2 aromatic carbocycles. The van der Waals surface area contributed by atoms with Crippen LogP contribution in [0.25, 0.3) is 0 Å². The number of amides is 3. The number of esters is 1. The molecular weight excluding hydrogens is 596 g/mol. The molecule has 0 aliphatic heterocycles. The predicted octanol–water partition coefficient (Wildman–Crippen LogP) is 2.23. The van der Waals surface area contributed by atoms with Crippen LogP contribution in [-0.4, -0.2) is 77.5 Å². The van der Waals surface area contributed by atoms with Crippen LogP contribution in [0.4, 0.5) is 9.59 Å². The van der Waals surface area contributed by atoms with Gasteiger partial charge in [-0.2, -0.15) is 4.72 Å². The van der Waals surface area contributed by atoms with Gasteiger partial charge in [0.15, 0.2) is 0 Å². The fourth-order valence-electron chi connectivity index (χ4n) is 3.44. The van der Waals surface area contributed by atoms with E-state index in [4.69, 9.17) is 14.2 Å². The van der Waals surface area contributed by atoms with Crippen molar-refractivity contribution in [3.8, 4) is 5.75 Å². The number of hydrogen-bond acceptors (Lipinski definition) is 10. The maximum Gasteiger partial charge on any atom is 0.407 e. The van der Waals surface area contributed by atoms with Crippen LogP contribution < -0.4 is 25.4 Å². The lowest BCUT2D eigenvalue weighted by molar-refractivity contribution is -0.142. The van der Waals surface area contributed by atoms with Crippen LogP contribution in [0.3, 0.4) is 0 Å². The van der Waals surface area contributed by atoms with Crippen molar-refractivity contribution in [2.24, 2.45) is 0 Å². The fourth-order valence-corrected chi connectivity index (χ4v) is 4.62. The highest BCUT2D eigenvalue weighted by atomic mass is 32.2. The van der Waals surface area contributed by atoms with Crippen LogP contribution in [0.5, 0.6) is 5.75 Å². The van der Waals surface area contributed by atoms with Gasteiger partial charge in [0, 0.05) is 26.1 Å². The number of rotatable bonds is 16. The molecule has 0 bridgehead atoms. The van der Waals surface area contributed by atoms with Crippen LogP contribution >= 0.6 is 0 Å². The molecule has 0 aliphatic rings. The lowest BCUT2D eigenvalue weighted by atomic mass is 10.2. The van der Waals surface area contributed by atoms with E-state index < -0.39 is 46.4 Å². The summed E-state index contributed by atoms with van der Waals surface area (Å²) < 4.78 is 48.3. The number of hydrogen-bond donors (Lipinski definition) is 4. The first kappa shape index (κ1) is 35.8. The summed E-state index contributed by atoms with van der Waals surface area (Å²) in [5, 5.41) is 7.59. The molecule has 242 valence electrons. The van der Waals surface area contributed by atoms with E-state index in [2.05, 4.69) is 25.4 Å². The average Bonchev–Trinajstić information content (AvgIpc) is 2.98. The van der Waals surface area contributed by atoms with Crippen LogP contribution in [0, 0.1) is 0 Å². The van der Waals surface area contributed by atoms with Crippen LogP contribution in [0.1, 0.15) is 39.2 Å². The maximum absolute atomic E-state index is 12.8. The fraction of sp³-hybridized carbons (Fsp3) is 0.448. The summed E-state index contributed by atoms with van der Waals surface area (Å²) in [5.74, 6) is -0.744. The normalized spacial score (nSPS) is 11.9. The first-order chi connectivity index (χ1) is 20.8. The molecule has 4 N–H and O–H groups in total. The van der Waals surface area contributed by atoms with Gasteiger partial charge in [0.05, 0.1) is 18.6 Å². The van der Waals surface area contributed by atoms with E-state index in [1.54, 1.807) is 20.8 Å². The van der Waals surface area contributed by atoms with Crippen molar-refractivity contribution >= 4 is 34.1 Å². The van der Waals surface area contributed by atoms with E-state index in [9.17, 15) is 27.6 Å².